The summed E-state index contributed by atoms with van der Waals surface area (Å²) in [5.41, 5.74) is -0.559. The van der Waals surface area contributed by atoms with Crippen molar-refractivity contribution < 1.29 is 19.6 Å². The summed E-state index contributed by atoms with van der Waals surface area (Å²) in [4.78, 5) is 37.4. The molecule has 1 rings (SSSR count). The Morgan fingerprint density at radius 2 is 1.48 bits per heavy atom. The molecule has 0 aliphatic heterocycles. The van der Waals surface area contributed by atoms with Gasteiger partial charge < -0.3 is 10.6 Å². The van der Waals surface area contributed by atoms with Crippen LogP contribution in [0.1, 0.15) is 118 Å². The number of unbranched alkanes of at least 4 members (excludes halogenated alkanes) is 7. The van der Waals surface area contributed by atoms with Gasteiger partial charge in [0, 0.05) is 12.5 Å². The molecule has 1 aliphatic carbocycles. The molecule has 0 aromatic rings. The Labute approximate surface area is 188 Å². The van der Waals surface area contributed by atoms with Gasteiger partial charge in [-0.15, -0.1) is 5.06 Å². The molecule has 0 radical (unpaired) electrons. The van der Waals surface area contributed by atoms with E-state index in [1.54, 1.807) is 0 Å². The molecule has 0 bridgehead atoms. The van der Waals surface area contributed by atoms with Crippen molar-refractivity contribution in [3.05, 3.63) is 0 Å². The number of carbonyl (C=O) groups excluding carboxylic acids is 3. The predicted molar refractivity (Wildman–Crippen MR) is 123 cm³/mol. The van der Waals surface area contributed by atoms with Gasteiger partial charge in [0.15, 0.2) is 0 Å². The largest absolute Gasteiger partial charge is 0.352 e. The summed E-state index contributed by atoms with van der Waals surface area (Å²) in [6.07, 6.45) is 14.1. The molecule has 1 unspecified atom stereocenters. The summed E-state index contributed by atoms with van der Waals surface area (Å²) < 4.78 is 0. The number of nitrogens with zero attached hydrogens (tertiary/aromatic N) is 1. The maximum atomic E-state index is 12.8. The van der Waals surface area contributed by atoms with E-state index in [9.17, 15) is 19.6 Å². The molecule has 0 heterocycles. The summed E-state index contributed by atoms with van der Waals surface area (Å²) in [5.74, 6) is -0.902. The number of imide groups is 1. The van der Waals surface area contributed by atoms with Crippen molar-refractivity contribution in [3.8, 4) is 0 Å². The van der Waals surface area contributed by atoms with Gasteiger partial charge in [-0.1, -0.05) is 91.9 Å². The average Bonchev–Trinajstić information content (AvgIpc) is 2.72. The van der Waals surface area contributed by atoms with E-state index in [-0.39, 0.29) is 23.4 Å². The number of hydrogen-bond donors (Lipinski definition) is 3. The molecular formula is C24H45N3O4. The van der Waals surface area contributed by atoms with Crippen molar-refractivity contribution in [1.29, 1.82) is 0 Å². The SMILES string of the molecule is CCCCCCCCCCC(=O)N(O)C(=O)NC(C(=O)NC1CCCCC1)C(C)(C)C. The normalized spacial score (nSPS) is 15.9. The third-order valence-electron chi connectivity index (χ3n) is 6.02. The lowest BCUT2D eigenvalue weighted by molar-refractivity contribution is -0.153. The molecule has 7 nitrogen and oxygen atoms in total. The van der Waals surface area contributed by atoms with E-state index in [1.807, 2.05) is 20.8 Å². The Morgan fingerprint density at radius 3 is 2.03 bits per heavy atom. The van der Waals surface area contributed by atoms with Gasteiger partial charge in [-0.25, -0.2) is 4.79 Å². The fraction of sp³-hybridized carbons (Fsp3) is 0.875. The molecule has 1 aliphatic rings. The second kappa shape index (κ2) is 14.4. The Morgan fingerprint density at radius 1 is 0.935 bits per heavy atom. The molecule has 31 heavy (non-hydrogen) atoms. The lowest BCUT2D eigenvalue weighted by Gasteiger charge is -2.33. The van der Waals surface area contributed by atoms with Crippen LogP contribution in [0.4, 0.5) is 4.79 Å². The van der Waals surface area contributed by atoms with Gasteiger partial charge >= 0.3 is 6.03 Å². The number of nitrogens with one attached hydrogen (secondary N) is 2. The molecule has 4 amide bonds. The predicted octanol–water partition coefficient (Wildman–Crippen LogP) is 5.31. The Hall–Kier alpha value is -1.63. The summed E-state index contributed by atoms with van der Waals surface area (Å²) in [6.45, 7) is 7.74. The summed E-state index contributed by atoms with van der Waals surface area (Å²) >= 11 is 0. The second-order valence-electron chi connectivity index (χ2n) is 10.0. The van der Waals surface area contributed by atoms with Crippen molar-refractivity contribution in [2.24, 2.45) is 5.41 Å². The van der Waals surface area contributed by atoms with E-state index in [2.05, 4.69) is 17.6 Å². The first-order valence-corrected chi connectivity index (χ1v) is 12.3. The molecule has 0 spiro atoms. The molecule has 1 fully saturated rings. The summed E-state index contributed by atoms with van der Waals surface area (Å²) in [6, 6.07) is -1.66. The lowest BCUT2D eigenvalue weighted by Crippen LogP contribution is -2.58. The van der Waals surface area contributed by atoms with Gasteiger partial charge in [0.25, 0.3) is 5.91 Å². The molecular weight excluding hydrogens is 394 g/mol. The number of hydrogen-bond acceptors (Lipinski definition) is 4. The third-order valence-corrected chi connectivity index (χ3v) is 6.02. The van der Waals surface area contributed by atoms with E-state index in [1.165, 1.54) is 32.1 Å². The monoisotopic (exact) mass is 439 g/mol. The maximum Gasteiger partial charge on any atom is 0.349 e. The van der Waals surface area contributed by atoms with Crippen LogP contribution in [0.25, 0.3) is 0 Å². The average molecular weight is 440 g/mol. The number of rotatable bonds is 12. The fourth-order valence-electron chi connectivity index (χ4n) is 4.02. The van der Waals surface area contributed by atoms with Gasteiger partial charge in [-0.3, -0.25) is 14.8 Å². The molecule has 1 atom stereocenters. The van der Waals surface area contributed by atoms with Crippen LogP contribution in [-0.2, 0) is 9.59 Å². The molecule has 1 saturated carbocycles. The number of amides is 4. The van der Waals surface area contributed by atoms with Crippen molar-refractivity contribution in [3.63, 3.8) is 0 Å². The fourth-order valence-corrected chi connectivity index (χ4v) is 4.02. The third kappa shape index (κ3) is 11.0. The highest BCUT2D eigenvalue weighted by Gasteiger charge is 2.35. The molecule has 7 heteroatoms. The highest BCUT2D eigenvalue weighted by Crippen LogP contribution is 2.22. The van der Waals surface area contributed by atoms with Gasteiger partial charge in [-0.2, -0.15) is 0 Å². The Balaban J connectivity index is 2.44. The number of urea groups is 1. The highest BCUT2D eigenvalue weighted by atomic mass is 16.5. The maximum absolute atomic E-state index is 12.8. The molecule has 0 saturated heterocycles. The van der Waals surface area contributed by atoms with E-state index >= 15 is 0 Å². The van der Waals surface area contributed by atoms with Crippen LogP contribution in [0.2, 0.25) is 0 Å². The minimum absolute atomic E-state index is 0.118. The van der Waals surface area contributed by atoms with Gasteiger partial charge in [0.05, 0.1) is 0 Å². The standard InChI is InChI=1S/C24H45N3O4/c1-5-6-7-8-9-10-11-15-18-20(28)27(31)23(30)26-21(24(2,3)4)22(29)25-19-16-13-12-14-17-19/h19,21,31H,5-18H2,1-4H3,(H,25,29)(H,26,30). The zero-order valence-electron chi connectivity index (χ0n) is 20.2. The first-order valence-electron chi connectivity index (χ1n) is 12.3. The minimum Gasteiger partial charge on any atom is -0.352 e. The first kappa shape index (κ1) is 27.4. The van der Waals surface area contributed by atoms with E-state index in [0.29, 0.717) is 6.42 Å². The molecule has 0 aromatic carbocycles. The highest BCUT2D eigenvalue weighted by molar-refractivity contribution is 5.95. The van der Waals surface area contributed by atoms with Crippen LogP contribution >= 0.6 is 0 Å². The van der Waals surface area contributed by atoms with Gasteiger partial charge in [-0.05, 0) is 24.7 Å². The smallest absolute Gasteiger partial charge is 0.349 e. The van der Waals surface area contributed by atoms with Crippen LogP contribution in [0.3, 0.4) is 0 Å². The number of carbonyl (C=O) groups is 3. The van der Waals surface area contributed by atoms with E-state index < -0.39 is 23.4 Å². The van der Waals surface area contributed by atoms with E-state index in [4.69, 9.17) is 0 Å². The molecule has 180 valence electrons. The van der Waals surface area contributed by atoms with Crippen LogP contribution in [0.5, 0.6) is 0 Å². The van der Waals surface area contributed by atoms with Gasteiger partial charge in [0.1, 0.15) is 6.04 Å². The topological polar surface area (TPSA) is 98.7 Å². The van der Waals surface area contributed by atoms with Crippen LogP contribution in [-0.4, -0.2) is 40.2 Å². The molecule has 3 N–H and O–H groups in total. The summed E-state index contributed by atoms with van der Waals surface area (Å²) in [7, 11) is 0. The van der Waals surface area contributed by atoms with E-state index in [0.717, 1.165) is 44.9 Å². The van der Waals surface area contributed by atoms with Crippen molar-refractivity contribution in [2.45, 2.75) is 130 Å². The van der Waals surface area contributed by atoms with Crippen LogP contribution in [0.15, 0.2) is 0 Å². The minimum atomic E-state index is -0.941. The quantitative estimate of drug-likeness (QED) is 0.218. The van der Waals surface area contributed by atoms with Gasteiger partial charge in [0.2, 0.25) is 5.91 Å². The van der Waals surface area contributed by atoms with Crippen molar-refractivity contribution >= 4 is 17.8 Å². The Kier molecular flexibility index (Phi) is 12.8. The second-order valence-corrected chi connectivity index (χ2v) is 10.0. The number of hydroxylamine groups is 2. The zero-order chi connectivity index (χ0) is 23.3. The van der Waals surface area contributed by atoms with Crippen LogP contribution < -0.4 is 10.6 Å². The first-order chi connectivity index (χ1) is 14.7. The Bertz CT molecular complexity index is 554. The van der Waals surface area contributed by atoms with Crippen molar-refractivity contribution in [2.75, 3.05) is 0 Å². The molecule has 0 aromatic heterocycles. The van der Waals surface area contributed by atoms with Crippen LogP contribution in [0, 0.1) is 5.41 Å². The summed E-state index contributed by atoms with van der Waals surface area (Å²) in [5, 5.41) is 15.8. The lowest BCUT2D eigenvalue weighted by atomic mass is 9.85. The zero-order valence-corrected chi connectivity index (χ0v) is 20.2. The van der Waals surface area contributed by atoms with Crippen molar-refractivity contribution in [1.82, 2.24) is 15.7 Å².